The van der Waals surface area contributed by atoms with E-state index in [1.165, 1.54) is 11.1 Å². The van der Waals surface area contributed by atoms with E-state index in [0.29, 0.717) is 17.6 Å². The number of nitrogens with one attached hydrogen (secondary N) is 1. The highest BCUT2D eigenvalue weighted by Crippen LogP contribution is 2.31. The van der Waals surface area contributed by atoms with Crippen molar-refractivity contribution in [3.05, 3.63) is 48.0 Å². The Hall–Kier alpha value is -3.56. The molecule has 0 aromatic carbocycles. The van der Waals surface area contributed by atoms with Gasteiger partial charge in [0.15, 0.2) is 0 Å². The normalized spacial score (nSPS) is 18.5. The van der Waals surface area contributed by atoms with Crippen LogP contribution in [0, 0.1) is 12.8 Å². The summed E-state index contributed by atoms with van der Waals surface area (Å²) >= 11 is 0. The average molecular weight is 442 g/mol. The molecule has 1 aliphatic rings. The third-order valence-electron chi connectivity index (χ3n) is 5.94. The molecule has 4 heterocycles. The quantitative estimate of drug-likeness (QED) is 0.611. The summed E-state index contributed by atoms with van der Waals surface area (Å²) in [5.41, 5.74) is 9.49. The number of nitrogens with two attached hydrogens (primary N) is 1. The molecule has 10 heteroatoms. The summed E-state index contributed by atoms with van der Waals surface area (Å²) in [7, 11) is 0. The largest absolute Gasteiger partial charge is 0.378 e. The van der Waals surface area contributed by atoms with Crippen molar-refractivity contribution in [1.82, 2.24) is 19.5 Å². The minimum atomic E-state index is -3.05. The number of alkyl halides is 2. The van der Waals surface area contributed by atoms with Gasteiger partial charge in [-0.15, -0.1) is 0 Å². The minimum absolute atomic E-state index is 0.0534. The number of primary amides is 1. The number of rotatable bonds is 6. The van der Waals surface area contributed by atoms with E-state index in [1.807, 2.05) is 38.2 Å². The van der Waals surface area contributed by atoms with Gasteiger partial charge >= 0.3 is 6.43 Å². The van der Waals surface area contributed by atoms with E-state index >= 15 is 0 Å². The molecular formula is C22H24F2N6O2. The van der Waals surface area contributed by atoms with Crippen molar-refractivity contribution in [2.24, 2.45) is 11.7 Å². The van der Waals surface area contributed by atoms with E-state index in [2.05, 4.69) is 15.4 Å². The number of carbonyl (C=O) groups is 2. The fourth-order valence-electron chi connectivity index (χ4n) is 4.14. The van der Waals surface area contributed by atoms with Gasteiger partial charge < -0.3 is 16.0 Å². The molecule has 8 nitrogen and oxygen atoms in total. The van der Waals surface area contributed by atoms with Crippen molar-refractivity contribution in [3.63, 3.8) is 0 Å². The van der Waals surface area contributed by atoms with Crippen LogP contribution in [-0.4, -0.2) is 56.9 Å². The van der Waals surface area contributed by atoms with E-state index in [1.54, 1.807) is 10.7 Å². The van der Waals surface area contributed by atoms with Crippen molar-refractivity contribution < 1.29 is 18.4 Å². The van der Waals surface area contributed by atoms with Crippen LogP contribution in [0.3, 0.4) is 0 Å². The smallest absolute Gasteiger partial charge is 0.315 e. The first kappa shape index (κ1) is 21.7. The number of carbonyl (C=O) groups excluding carboxylic acids is 2. The maximum atomic E-state index is 12.9. The Morgan fingerprint density at radius 1 is 1.25 bits per heavy atom. The van der Waals surface area contributed by atoms with Crippen LogP contribution < -0.4 is 11.1 Å². The predicted octanol–water partition coefficient (Wildman–Crippen LogP) is 2.72. The lowest BCUT2D eigenvalue weighted by Crippen LogP contribution is -2.35. The Bertz CT molecular complexity index is 1160. The van der Waals surface area contributed by atoms with Crippen molar-refractivity contribution in [2.45, 2.75) is 32.7 Å². The average Bonchev–Trinajstić information content (AvgIpc) is 3.38. The molecule has 0 unspecified atom stereocenters. The van der Waals surface area contributed by atoms with Gasteiger partial charge in [-0.2, -0.15) is 13.9 Å². The number of nitrogens with zero attached hydrogens (tertiary/aromatic N) is 4. The summed E-state index contributed by atoms with van der Waals surface area (Å²) < 4.78 is 27.5. The van der Waals surface area contributed by atoms with Crippen LogP contribution >= 0.6 is 0 Å². The van der Waals surface area contributed by atoms with Gasteiger partial charge in [-0.25, -0.2) is 4.52 Å². The summed E-state index contributed by atoms with van der Waals surface area (Å²) in [6.45, 7) is 4.18. The van der Waals surface area contributed by atoms with Gasteiger partial charge in [-0.05, 0) is 31.4 Å². The molecule has 32 heavy (non-hydrogen) atoms. The molecule has 1 aliphatic heterocycles. The highest BCUT2D eigenvalue weighted by atomic mass is 19.3. The molecule has 168 valence electrons. The highest BCUT2D eigenvalue weighted by molar-refractivity contribution is 6.02. The standard InChI is InChI=1S/C22H24F2N6O2/c1-3-13-9-29(22(32)20(23)24)11-17(13)28-19-16(21(25)31)8-27-30-10-15(6-18(19)30)14-5-4-12(2)26-7-14/h4-8,10,13,17,20,28H,3,9,11H2,1-2H3,(H2,25,31)/t13-,17-/m1/s1. The second kappa shape index (κ2) is 8.52. The molecule has 0 aliphatic carbocycles. The first-order valence-electron chi connectivity index (χ1n) is 10.4. The summed E-state index contributed by atoms with van der Waals surface area (Å²) in [6.07, 6.45) is 2.59. The van der Waals surface area contributed by atoms with Gasteiger partial charge in [0.05, 0.1) is 23.0 Å². The third kappa shape index (κ3) is 4.00. The maximum absolute atomic E-state index is 12.9. The summed E-state index contributed by atoms with van der Waals surface area (Å²) in [4.78, 5) is 29.4. The van der Waals surface area contributed by atoms with E-state index in [-0.39, 0.29) is 30.6 Å². The molecule has 0 bridgehead atoms. The van der Waals surface area contributed by atoms with Crippen LogP contribution in [0.15, 0.2) is 36.8 Å². The third-order valence-corrected chi connectivity index (χ3v) is 5.94. The molecule has 2 amide bonds. The molecular weight excluding hydrogens is 418 g/mol. The maximum Gasteiger partial charge on any atom is 0.315 e. The molecule has 3 N–H and O–H groups in total. The number of hydrogen-bond acceptors (Lipinski definition) is 5. The Morgan fingerprint density at radius 3 is 2.66 bits per heavy atom. The summed E-state index contributed by atoms with van der Waals surface area (Å²) in [5, 5.41) is 7.62. The SMILES string of the molecule is CC[C@@H]1CN(C(=O)C(F)F)C[C@H]1Nc1c(C(N)=O)cnn2cc(-c3ccc(C)nc3)cc12. The van der Waals surface area contributed by atoms with Crippen LogP contribution in [0.2, 0.25) is 0 Å². The predicted molar refractivity (Wildman–Crippen MR) is 115 cm³/mol. The van der Waals surface area contributed by atoms with Gasteiger partial charge in [0, 0.05) is 48.3 Å². The van der Waals surface area contributed by atoms with Crippen LogP contribution in [-0.2, 0) is 4.79 Å². The Balaban J connectivity index is 1.73. The molecule has 0 radical (unpaired) electrons. The van der Waals surface area contributed by atoms with E-state index in [0.717, 1.165) is 16.8 Å². The molecule has 3 aromatic rings. The molecule has 3 aromatic heterocycles. The number of aromatic nitrogens is 3. The molecule has 1 fully saturated rings. The van der Waals surface area contributed by atoms with Crippen molar-refractivity contribution in [2.75, 3.05) is 18.4 Å². The zero-order valence-corrected chi connectivity index (χ0v) is 17.8. The summed E-state index contributed by atoms with van der Waals surface area (Å²) in [6, 6.07) is 5.40. The van der Waals surface area contributed by atoms with Crippen LogP contribution in [0.1, 0.15) is 29.4 Å². The van der Waals surface area contributed by atoms with Crippen LogP contribution in [0.5, 0.6) is 0 Å². The van der Waals surface area contributed by atoms with Gasteiger partial charge in [0.1, 0.15) is 0 Å². The monoisotopic (exact) mass is 442 g/mol. The second-order valence-electron chi connectivity index (χ2n) is 8.01. The van der Waals surface area contributed by atoms with Gasteiger partial charge in [0.25, 0.3) is 11.8 Å². The number of amides is 2. The first-order valence-corrected chi connectivity index (χ1v) is 10.4. The van der Waals surface area contributed by atoms with Gasteiger partial charge in [-0.1, -0.05) is 13.0 Å². The van der Waals surface area contributed by atoms with Gasteiger partial charge in [-0.3, -0.25) is 14.6 Å². The van der Waals surface area contributed by atoms with Crippen molar-refractivity contribution in [1.29, 1.82) is 0 Å². The lowest BCUT2D eigenvalue weighted by molar-refractivity contribution is -0.141. The molecule has 4 rings (SSSR count). The lowest BCUT2D eigenvalue weighted by atomic mass is 10.00. The summed E-state index contributed by atoms with van der Waals surface area (Å²) in [5.74, 6) is -1.89. The molecule has 2 atom stereocenters. The lowest BCUT2D eigenvalue weighted by Gasteiger charge is -2.21. The molecule has 1 saturated heterocycles. The zero-order chi connectivity index (χ0) is 23.0. The fraction of sp³-hybridized carbons (Fsp3) is 0.364. The Kier molecular flexibility index (Phi) is 5.77. The number of anilines is 1. The molecule has 0 spiro atoms. The van der Waals surface area contributed by atoms with E-state index in [4.69, 9.17) is 5.73 Å². The van der Waals surface area contributed by atoms with E-state index < -0.39 is 18.2 Å². The second-order valence-corrected chi connectivity index (χ2v) is 8.01. The Labute approximate surface area is 183 Å². The number of pyridine rings is 1. The number of likely N-dealkylation sites (tertiary alicyclic amines) is 1. The molecule has 0 saturated carbocycles. The zero-order valence-electron chi connectivity index (χ0n) is 17.8. The first-order chi connectivity index (χ1) is 15.3. The Morgan fingerprint density at radius 2 is 2.03 bits per heavy atom. The van der Waals surface area contributed by atoms with Crippen molar-refractivity contribution >= 4 is 23.0 Å². The van der Waals surface area contributed by atoms with Crippen LogP contribution in [0.4, 0.5) is 14.5 Å². The number of halogens is 2. The highest BCUT2D eigenvalue weighted by Gasteiger charge is 2.37. The minimum Gasteiger partial charge on any atom is -0.378 e. The van der Waals surface area contributed by atoms with Crippen molar-refractivity contribution in [3.8, 4) is 11.1 Å². The van der Waals surface area contributed by atoms with Crippen LogP contribution in [0.25, 0.3) is 16.6 Å². The number of hydrogen-bond donors (Lipinski definition) is 2. The topological polar surface area (TPSA) is 106 Å². The number of aryl methyl sites for hydroxylation is 1. The number of fused-ring (bicyclic) bond motifs is 1. The fourth-order valence-corrected chi connectivity index (χ4v) is 4.14. The van der Waals surface area contributed by atoms with Gasteiger partial charge in [0.2, 0.25) is 0 Å². The van der Waals surface area contributed by atoms with E-state index in [9.17, 15) is 18.4 Å².